The first kappa shape index (κ1) is 26.1. The van der Waals surface area contributed by atoms with Crippen LogP contribution in [0.4, 0.5) is 0 Å². The molecule has 0 radical (unpaired) electrons. The van der Waals surface area contributed by atoms with E-state index in [1.165, 1.54) is 6.92 Å². The Morgan fingerprint density at radius 1 is 1.03 bits per heavy atom. The van der Waals surface area contributed by atoms with E-state index in [2.05, 4.69) is 25.6 Å². The quantitative estimate of drug-likeness (QED) is 0.350. The van der Waals surface area contributed by atoms with E-state index in [-0.39, 0.29) is 17.9 Å². The van der Waals surface area contributed by atoms with Crippen LogP contribution in [0.1, 0.15) is 47.3 Å². The van der Waals surface area contributed by atoms with Crippen LogP contribution in [-0.4, -0.2) is 56.6 Å². The highest BCUT2D eigenvalue weighted by atomic mass is 16.5. The minimum absolute atomic E-state index is 0.139. The molecule has 0 saturated heterocycles. The number of methoxy groups -OCH3 is 1. The van der Waals surface area contributed by atoms with Crippen LogP contribution in [0, 0.1) is 5.92 Å². The summed E-state index contributed by atoms with van der Waals surface area (Å²) in [4.78, 5) is 47.8. The van der Waals surface area contributed by atoms with Gasteiger partial charge in [-0.3, -0.25) is 19.4 Å². The van der Waals surface area contributed by atoms with Gasteiger partial charge in [-0.05, 0) is 49.7 Å². The van der Waals surface area contributed by atoms with Crippen molar-refractivity contribution in [3.8, 4) is 22.9 Å². The average Bonchev–Trinajstić information content (AvgIpc) is 2.86. The van der Waals surface area contributed by atoms with Gasteiger partial charge in [-0.1, -0.05) is 13.0 Å². The highest BCUT2D eigenvalue weighted by Gasteiger charge is 2.27. The fourth-order valence-electron chi connectivity index (χ4n) is 3.17. The number of benzene rings is 1. The third kappa shape index (κ3) is 6.12. The van der Waals surface area contributed by atoms with Crippen molar-refractivity contribution in [1.82, 2.24) is 25.6 Å². The number of aromatic nitrogens is 3. The lowest BCUT2D eigenvalue weighted by Crippen LogP contribution is -2.41. The zero-order valence-corrected chi connectivity index (χ0v) is 20.3. The summed E-state index contributed by atoms with van der Waals surface area (Å²) in [6, 6.07) is 11.2. The largest absolute Gasteiger partial charge is 0.497 e. The summed E-state index contributed by atoms with van der Waals surface area (Å²) in [5, 5.41) is 24.3. The van der Waals surface area contributed by atoms with Gasteiger partial charge in [0.05, 0.1) is 24.3 Å². The number of hydrogen-bond donors (Lipinski definition) is 4. The molecule has 3 aromatic rings. The van der Waals surface area contributed by atoms with Gasteiger partial charge in [0.15, 0.2) is 0 Å². The molecule has 0 aliphatic rings. The molecule has 188 valence electrons. The van der Waals surface area contributed by atoms with Crippen molar-refractivity contribution < 1.29 is 29.3 Å². The van der Waals surface area contributed by atoms with Gasteiger partial charge in [0, 0.05) is 24.5 Å². The molecule has 3 rings (SSSR count). The molecular formula is C25H27N5O6. The minimum Gasteiger partial charge on any atom is -0.497 e. The second-order valence-electron chi connectivity index (χ2n) is 8.62. The van der Waals surface area contributed by atoms with Crippen LogP contribution in [0.2, 0.25) is 0 Å². The zero-order chi connectivity index (χ0) is 26.5. The standard InChI is InChI=1S/C25H27N5O6/c1-14(24(34)35)11-28-23(33)20-27-13-18(21(31)29-20)22(32)30-25(2,3)16-7-10-19(26-12-16)15-5-8-17(36-4)9-6-15/h5-10,12-14H,11H2,1-4H3,(H,28,33)(H,30,32)(H,34,35)(H,27,29,31). The Kier molecular flexibility index (Phi) is 7.83. The van der Waals surface area contributed by atoms with Gasteiger partial charge >= 0.3 is 5.97 Å². The second-order valence-corrected chi connectivity index (χ2v) is 8.62. The first-order chi connectivity index (χ1) is 17.0. The second kappa shape index (κ2) is 10.8. The SMILES string of the molecule is COc1ccc(-c2ccc(C(C)(C)NC(=O)c3cnc(C(=O)NCC(C)C(=O)O)nc3O)cn2)cc1. The molecule has 4 N–H and O–H groups in total. The molecule has 2 amide bonds. The normalized spacial score (nSPS) is 11.9. The fraction of sp³-hybridized carbons (Fsp3) is 0.280. The molecule has 1 aromatic carbocycles. The molecule has 0 fully saturated rings. The number of carbonyl (C=O) groups excluding carboxylic acids is 2. The van der Waals surface area contributed by atoms with Gasteiger partial charge < -0.3 is 25.6 Å². The topological polar surface area (TPSA) is 164 Å². The van der Waals surface area contributed by atoms with E-state index in [0.29, 0.717) is 0 Å². The number of aromatic hydroxyl groups is 1. The molecule has 2 aromatic heterocycles. The molecular weight excluding hydrogens is 466 g/mol. The van der Waals surface area contributed by atoms with E-state index >= 15 is 0 Å². The first-order valence-electron chi connectivity index (χ1n) is 11.0. The Morgan fingerprint density at radius 2 is 1.72 bits per heavy atom. The lowest BCUT2D eigenvalue weighted by atomic mass is 9.95. The Labute approximate surface area is 207 Å². The van der Waals surface area contributed by atoms with E-state index in [4.69, 9.17) is 9.84 Å². The van der Waals surface area contributed by atoms with E-state index in [1.807, 2.05) is 36.4 Å². The summed E-state index contributed by atoms with van der Waals surface area (Å²) in [5.41, 5.74) is 1.30. The van der Waals surface area contributed by atoms with Crippen molar-refractivity contribution in [1.29, 1.82) is 0 Å². The van der Waals surface area contributed by atoms with Crippen molar-refractivity contribution in [2.45, 2.75) is 26.3 Å². The molecule has 0 saturated carbocycles. The summed E-state index contributed by atoms with van der Waals surface area (Å²) >= 11 is 0. The molecule has 11 nitrogen and oxygen atoms in total. The predicted molar refractivity (Wildman–Crippen MR) is 130 cm³/mol. The summed E-state index contributed by atoms with van der Waals surface area (Å²) in [6.07, 6.45) is 2.69. The minimum atomic E-state index is -1.07. The van der Waals surface area contributed by atoms with Crippen LogP contribution in [0.25, 0.3) is 11.3 Å². The Hall–Kier alpha value is -4.54. The zero-order valence-electron chi connectivity index (χ0n) is 20.3. The molecule has 0 aliphatic carbocycles. The highest BCUT2D eigenvalue weighted by Crippen LogP contribution is 2.25. The number of nitrogens with one attached hydrogen (secondary N) is 2. The number of carbonyl (C=O) groups is 3. The molecule has 11 heteroatoms. The lowest BCUT2D eigenvalue weighted by molar-refractivity contribution is -0.140. The molecule has 0 spiro atoms. The Balaban J connectivity index is 1.69. The summed E-state index contributed by atoms with van der Waals surface area (Å²) < 4.78 is 5.17. The number of carboxylic acid groups (broad SMARTS) is 1. The first-order valence-corrected chi connectivity index (χ1v) is 11.0. The molecule has 0 aliphatic heterocycles. The summed E-state index contributed by atoms with van der Waals surface area (Å²) in [6.45, 7) is 4.84. The highest BCUT2D eigenvalue weighted by molar-refractivity contribution is 5.97. The monoisotopic (exact) mass is 493 g/mol. The summed E-state index contributed by atoms with van der Waals surface area (Å²) in [7, 11) is 1.60. The molecule has 2 heterocycles. The smallest absolute Gasteiger partial charge is 0.308 e. The van der Waals surface area contributed by atoms with Crippen LogP contribution >= 0.6 is 0 Å². The number of ether oxygens (including phenoxy) is 1. The van der Waals surface area contributed by atoms with Gasteiger partial charge in [-0.15, -0.1) is 0 Å². The third-order valence-corrected chi connectivity index (χ3v) is 5.50. The van der Waals surface area contributed by atoms with E-state index in [0.717, 1.165) is 28.8 Å². The Morgan fingerprint density at radius 3 is 2.28 bits per heavy atom. The maximum absolute atomic E-state index is 12.8. The lowest BCUT2D eigenvalue weighted by Gasteiger charge is -2.26. The molecule has 1 unspecified atom stereocenters. The molecule has 0 bridgehead atoms. The number of pyridine rings is 1. The van der Waals surface area contributed by atoms with Crippen LogP contribution in [0.15, 0.2) is 48.8 Å². The number of aliphatic carboxylic acids is 1. The van der Waals surface area contributed by atoms with Crippen LogP contribution in [-0.2, 0) is 10.3 Å². The van der Waals surface area contributed by atoms with Gasteiger partial charge in [0.1, 0.15) is 11.3 Å². The number of carboxylic acids is 1. The van der Waals surface area contributed by atoms with Crippen molar-refractivity contribution >= 4 is 17.8 Å². The number of hydrogen-bond acceptors (Lipinski definition) is 8. The van der Waals surface area contributed by atoms with Crippen LogP contribution in [0.3, 0.4) is 0 Å². The average molecular weight is 494 g/mol. The Bertz CT molecular complexity index is 1260. The van der Waals surface area contributed by atoms with Gasteiger partial charge in [0.25, 0.3) is 11.8 Å². The number of amides is 2. The van der Waals surface area contributed by atoms with E-state index in [1.54, 1.807) is 27.2 Å². The maximum Gasteiger partial charge on any atom is 0.308 e. The van der Waals surface area contributed by atoms with Gasteiger partial charge in [-0.2, -0.15) is 4.98 Å². The molecule has 1 atom stereocenters. The number of nitrogens with zero attached hydrogens (tertiary/aromatic N) is 3. The van der Waals surface area contributed by atoms with Crippen molar-refractivity contribution in [3.05, 3.63) is 65.7 Å². The third-order valence-electron chi connectivity index (χ3n) is 5.50. The number of rotatable bonds is 9. The fourth-order valence-corrected chi connectivity index (χ4v) is 3.17. The maximum atomic E-state index is 12.8. The summed E-state index contributed by atoms with van der Waals surface area (Å²) in [5.74, 6) is -3.62. The van der Waals surface area contributed by atoms with E-state index in [9.17, 15) is 19.5 Å². The van der Waals surface area contributed by atoms with Crippen LogP contribution in [0.5, 0.6) is 11.6 Å². The van der Waals surface area contributed by atoms with Crippen molar-refractivity contribution in [3.63, 3.8) is 0 Å². The van der Waals surface area contributed by atoms with Crippen LogP contribution < -0.4 is 15.4 Å². The molecule has 36 heavy (non-hydrogen) atoms. The predicted octanol–water partition coefficient (Wildman–Crippen LogP) is 2.37. The van der Waals surface area contributed by atoms with Gasteiger partial charge in [-0.25, -0.2) is 4.98 Å². The van der Waals surface area contributed by atoms with E-state index < -0.39 is 35.1 Å². The van der Waals surface area contributed by atoms with Gasteiger partial charge in [0.2, 0.25) is 11.7 Å². The van der Waals surface area contributed by atoms with Crippen molar-refractivity contribution in [2.75, 3.05) is 13.7 Å². The van der Waals surface area contributed by atoms with Crippen molar-refractivity contribution in [2.24, 2.45) is 5.92 Å².